The number of benzene rings is 2. The van der Waals surface area contributed by atoms with E-state index >= 15 is 0 Å². The molecule has 1 fully saturated rings. The minimum atomic E-state index is -0.915. The summed E-state index contributed by atoms with van der Waals surface area (Å²) in [4.78, 5) is 40.3. The van der Waals surface area contributed by atoms with Gasteiger partial charge in [-0.2, -0.15) is 0 Å². The normalized spacial score (nSPS) is 17.3. The van der Waals surface area contributed by atoms with Crippen molar-refractivity contribution >= 4 is 18.0 Å². The minimum absolute atomic E-state index is 0.0576. The van der Waals surface area contributed by atoms with Gasteiger partial charge >= 0.3 is 12.1 Å². The molecule has 0 saturated carbocycles. The fraction of sp³-hybridized carbons (Fsp3) is 0.423. The number of fused-ring (bicyclic) bond motifs is 3. The quantitative estimate of drug-likeness (QED) is 0.595. The van der Waals surface area contributed by atoms with Crippen LogP contribution in [0.15, 0.2) is 48.5 Å². The number of rotatable bonds is 8. The van der Waals surface area contributed by atoms with Crippen molar-refractivity contribution in [1.82, 2.24) is 15.1 Å². The summed E-state index contributed by atoms with van der Waals surface area (Å²) in [6, 6.07) is 15.3. The minimum Gasteiger partial charge on any atom is -0.480 e. The van der Waals surface area contributed by atoms with Crippen molar-refractivity contribution in [3.8, 4) is 11.1 Å². The van der Waals surface area contributed by atoms with Gasteiger partial charge in [0.2, 0.25) is 5.91 Å². The lowest BCUT2D eigenvalue weighted by atomic mass is 9.98. The van der Waals surface area contributed by atoms with E-state index in [4.69, 9.17) is 14.6 Å². The number of amides is 2. The lowest BCUT2D eigenvalue weighted by Crippen LogP contribution is -2.58. The predicted octanol–water partition coefficient (Wildman–Crippen LogP) is 2.16. The Kier molecular flexibility index (Phi) is 7.67. The summed E-state index contributed by atoms with van der Waals surface area (Å²) in [5.41, 5.74) is 4.50. The van der Waals surface area contributed by atoms with Crippen LogP contribution in [-0.2, 0) is 19.1 Å². The first-order chi connectivity index (χ1) is 16.9. The number of hydrogen-bond donors (Lipinski definition) is 2. The molecule has 2 amide bonds. The van der Waals surface area contributed by atoms with Crippen LogP contribution in [0, 0.1) is 0 Å². The third-order valence-corrected chi connectivity index (χ3v) is 6.77. The molecular weight excluding hydrogens is 450 g/mol. The molecule has 1 heterocycles. The molecule has 35 heavy (non-hydrogen) atoms. The van der Waals surface area contributed by atoms with Crippen molar-refractivity contribution < 1.29 is 29.0 Å². The number of carbonyl (C=O) groups is 3. The molecular formula is C26H31N3O6. The number of ether oxygens (including phenoxy) is 2. The van der Waals surface area contributed by atoms with Gasteiger partial charge in [-0.15, -0.1) is 0 Å². The molecule has 2 aromatic rings. The standard InChI is InChI=1S/C26H31N3O6/c1-17(34-2)24(25(32)29-13-11-28(12-14-29)15-23(30)31)27-26(33)35-16-22-20-9-5-3-7-18(20)19-8-4-6-10-21(19)22/h3-10,17,22,24H,11-16H2,1-2H3,(H,27,33)(H,30,31)/t17-,24+/m1/s1. The summed E-state index contributed by atoms with van der Waals surface area (Å²) in [6.45, 7) is 3.48. The van der Waals surface area contributed by atoms with Crippen LogP contribution in [0.2, 0.25) is 0 Å². The van der Waals surface area contributed by atoms with Gasteiger partial charge in [0, 0.05) is 39.2 Å². The fourth-order valence-corrected chi connectivity index (χ4v) is 4.80. The van der Waals surface area contributed by atoms with E-state index in [9.17, 15) is 14.4 Å². The molecule has 0 unspecified atom stereocenters. The molecule has 2 aromatic carbocycles. The number of hydrogen-bond acceptors (Lipinski definition) is 6. The Hall–Kier alpha value is -3.43. The topological polar surface area (TPSA) is 108 Å². The number of carbonyl (C=O) groups excluding carboxylic acids is 2. The average molecular weight is 482 g/mol. The summed E-state index contributed by atoms with van der Waals surface area (Å²) in [5, 5.41) is 11.7. The molecule has 2 atom stereocenters. The van der Waals surface area contributed by atoms with Crippen molar-refractivity contribution in [2.45, 2.75) is 25.0 Å². The molecule has 0 radical (unpaired) electrons. The van der Waals surface area contributed by atoms with Crippen LogP contribution in [0.5, 0.6) is 0 Å². The van der Waals surface area contributed by atoms with E-state index in [1.807, 2.05) is 36.4 Å². The van der Waals surface area contributed by atoms with Gasteiger partial charge in [-0.25, -0.2) is 4.79 Å². The Morgan fingerprint density at radius 2 is 1.57 bits per heavy atom. The third kappa shape index (κ3) is 5.47. The largest absolute Gasteiger partial charge is 0.480 e. The Bertz CT molecular complexity index is 1040. The van der Waals surface area contributed by atoms with Gasteiger partial charge in [0.1, 0.15) is 12.6 Å². The average Bonchev–Trinajstić information content (AvgIpc) is 3.19. The number of nitrogens with zero attached hydrogens (tertiary/aromatic N) is 2. The number of nitrogens with one attached hydrogen (secondary N) is 1. The van der Waals surface area contributed by atoms with Gasteiger partial charge in [0.15, 0.2) is 0 Å². The Labute approximate surface area is 204 Å². The molecule has 1 aliphatic carbocycles. The van der Waals surface area contributed by atoms with Crippen molar-refractivity contribution in [3.63, 3.8) is 0 Å². The summed E-state index contributed by atoms with van der Waals surface area (Å²) in [7, 11) is 1.48. The van der Waals surface area contributed by atoms with Gasteiger partial charge in [0.05, 0.1) is 12.6 Å². The van der Waals surface area contributed by atoms with E-state index in [1.54, 1.807) is 16.7 Å². The van der Waals surface area contributed by atoms with Gasteiger partial charge in [-0.1, -0.05) is 48.5 Å². The maximum Gasteiger partial charge on any atom is 0.407 e. The molecule has 1 saturated heterocycles. The highest BCUT2D eigenvalue weighted by molar-refractivity contribution is 5.86. The van der Waals surface area contributed by atoms with Crippen LogP contribution in [0.3, 0.4) is 0 Å². The number of aliphatic carboxylic acids is 1. The maximum absolute atomic E-state index is 13.2. The number of alkyl carbamates (subject to hydrolysis) is 1. The van der Waals surface area contributed by atoms with Gasteiger partial charge < -0.3 is 24.8 Å². The lowest BCUT2D eigenvalue weighted by molar-refractivity contribution is -0.140. The van der Waals surface area contributed by atoms with E-state index < -0.39 is 24.2 Å². The molecule has 186 valence electrons. The highest BCUT2D eigenvalue weighted by Gasteiger charge is 2.34. The van der Waals surface area contributed by atoms with Crippen molar-refractivity contribution in [1.29, 1.82) is 0 Å². The lowest BCUT2D eigenvalue weighted by Gasteiger charge is -2.36. The SMILES string of the molecule is CO[C@H](C)[C@H](NC(=O)OCC1c2ccccc2-c2ccccc21)C(=O)N1CCN(CC(=O)O)CC1. The van der Waals surface area contributed by atoms with Crippen LogP contribution in [0.25, 0.3) is 11.1 Å². The van der Waals surface area contributed by atoms with Crippen LogP contribution in [-0.4, -0.2) is 91.5 Å². The molecule has 0 bridgehead atoms. The first-order valence-corrected chi connectivity index (χ1v) is 11.8. The van der Waals surface area contributed by atoms with Crippen LogP contribution >= 0.6 is 0 Å². The zero-order valence-electron chi connectivity index (χ0n) is 20.0. The Morgan fingerprint density at radius 3 is 2.11 bits per heavy atom. The number of piperazine rings is 1. The zero-order valence-corrected chi connectivity index (χ0v) is 20.0. The number of carboxylic acids is 1. The molecule has 1 aliphatic heterocycles. The van der Waals surface area contributed by atoms with Gasteiger partial charge in [-0.05, 0) is 29.2 Å². The molecule has 0 aromatic heterocycles. The van der Waals surface area contributed by atoms with Gasteiger partial charge in [-0.3, -0.25) is 14.5 Å². The number of methoxy groups -OCH3 is 1. The second kappa shape index (κ2) is 10.9. The van der Waals surface area contributed by atoms with Crippen LogP contribution in [0.4, 0.5) is 4.79 Å². The monoisotopic (exact) mass is 481 g/mol. The van der Waals surface area contributed by atoms with Crippen molar-refractivity contribution in [2.75, 3.05) is 46.4 Å². The Balaban J connectivity index is 1.38. The molecule has 0 spiro atoms. The highest BCUT2D eigenvalue weighted by Crippen LogP contribution is 2.44. The molecule has 2 N–H and O–H groups in total. The zero-order chi connectivity index (χ0) is 24.9. The first kappa shape index (κ1) is 24.7. The molecule has 4 rings (SSSR count). The third-order valence-electron chi connectivity index (χ3n) is 6.77. The summed E-state index contributed by atoms with van der Waals surface area (Å²) in [5.74, 6) is -1.25. The highest BCUT2D eigenvalue weighted by atomic mass is 16.5. The van der Waals surface area contributed by atoms with Crippen molar-refractivity contribution in [2.24, 2.45) is 0 Å². The van der Waals surface area contributed by atoms with Gasteiger partial charge in [0.25, 0.3) is 0 Å². The second-order valence-electron chi connectivity index (χ2n) is 8.88. The molecule has 9 nitrogen and oxygen atoms in total. The van der Waals surface area contributed by atoms with E-state index in [0.29, 0.717) is 26.2 Å². The molecule has 9 heteroatoms. The molecule has 2 aliphatic rings. The Morgan fingerprint density at radius 1 is 1.00 bits per heavy atom. The fourth-order valence-electron chi connectivity index (χ4n) is 4.80. The van der Waals surface area contributed by atoms with E-state index in [1.165, 1.54) is 7.11 Å². The van der Waals surface area contributed by atoms with Crippen LogP contribution in [0.1, 0.15) is 24.0 Å². The summed E-state index contributed by atoms with van der Waals surface area (Å²) in [6.07, 6.45) is -1.25. The van der Waals surface area contributed by atoms with E-state index in [2.05, 4.69) is 17.4 Å². The smallest absolute Gasteiger partial charge is 0.407 e. The van der Waals surface area contributed by atoms with Crippen molar-refractivity contribution in [3.05, 3.63) is 59.7 Å². The summed E-state index contributed by atoms with van der Waals surface area (Å²) >= 11 is 0. The summed E-state index contributed by atoms with van der Waals surface area (Å²) < 4.78 is 11.0. The number of carboxylic acid groups (broad SMARTS) is 1. The maximum atomic E-state index is 13.2. The van der Waals surface area contributed by atoms with Crippen LogP contribution < -0.4 is 5.32 Å². The predicted molar refractivity (Wildman–Crippen MR) is 129 cm³/mol. The van der Waals surface area contributed by atoms with E-state index in [0.717, 1.165) is 22.3 Å². The second-order valence-corrected chi connectivity index (χ2v) is 8.88. The first-order valence-electron chi connectivity index (χ1n) is 11.8. The van der Waals surface area contributed by atoms with E-state index in [-0.39, 0.29) is 25.0 Å².